The predicted molar refractivity (Wildman–Crippen MR) is 75.8 cm³/mol. The molecule has 0 bridgehead atoms. The molecular formula is C15H13N3O3. The van der Waals surface area contributed by atoms with Crippen molar-refractivity contribution in [2.75, 3.05) is 5.32 Å². The van der Waals surface area contributed by atoms with Gasteiger partial charge in [-0.1, -0.05) is 24.2 Å². The number of aromatic nitrogens is 2. The Hall–Kier alpha value is -2.89. The minimum Gasteiger partial charge on any atom is -0.459 e. The van der Waals surface area contributed by atoms with Crippen molar-refractivity contribution in [2.45, 2.75) is 13.3 Å². The molecule has 1 amide bonds. The van der Waals surface area contributed by atoms with Crippen molar-refractivity contribution in [3.8, 4) is 11.5 Å². The molecule has 0 aliphatic rings. The number of rotatable bonds is 4. The second-order valence-electron chi connectivity index (χ2n) is 4.35. The van der Waals surface area contributed by atoms with E-state index in [2.05, 4.69) is 15.5 Å². The van der Waals surface area contributed by atoms with Gasteiger partial charge in [0.2, 0.25) is 0 Å². The number of aryl methyl sites for hydroxylation is 1. The van der Waals surface area contributed by atoms with Crippen molar-refractivity contribution >= 4 is 11.6 Å². The van der Waals surface area contributed by atoms with Crippen molar-refractivity contribution in [3.63, 3.8) is 0 Å². The molecule has 0 spiro atoms. The Morgan fingerprint density at radius 3 is 2.81 bits per heavy atom. The highest BCUT2D eigenvalue weighted by Gasteiger charge is 2.15. The Morgan fingerprint density at radius 1 is 1.24 bits per heavy atom. The van der Waals surface area contributed by atoms with Gasteiger partial charge in [0.05, 0.1) is 17.5 Å². The lowest BCUT2D eigenvalue weighted by Gasteiger charge is -2.06. The minimum absolute atomic E-state index is 0.240. The smallest absolute Gasteiger partial charge is 0.291 e. The van der Waals surface area contributed by atoms with Crippen molar-refractivity contribution < 1.29 is 13.7 Å². The van der Waals surface area contributed by atoms with Gasteiger partial charge in [0.15, 0.2) is 11.6 Å². The Morgan fingerprint density at radius 2 is 2.10 bits per heavy atom. The number of nitrogens with one attached hydrogen (secondary N) is 1. The summed E-state index contributed by atoms with van der Waals surface area (Å²) in [6.07, 6.45) is 2.14. The molecular weight excluding hydrogens is 270 g/mol. The summed E-state index contributed by atoms with van der Waals surface area (Å²) in [7, 11) is 0. The maximum absolute atomic E-state index is 12.0. The van der Waals surface area contributed by atoms with Gasteiger partial charge in [-0.15, -0.1) is 0 Å². The summed E-state index contributed by atoms with van der Waals surface area (Å²) in [4.78, 5) is 16.3. The lowest BCUT2D eigenvalue weighted by atomic mass is 10.1. The summed E-state index contributed by atoms with van der Waals surface area (Å²) in [5.74, 6) is 0.909. The fourth-order valence-corrected chi connectivity index (χ4v) is 1.88. The van der Waals surface area contributed by atoms with Crippen LogP contribution in [-0.2, 0) is 6.42 Å². The number of nitrogens with zero attached hydrogens (tertiary/aromatic N) is 2. The molecule has 0 radical (unpaired) electrons. The lowest BCUT2D eigenvalue weighted by Crippen LogP contribution is -2.11. The van der Waals surface area contributed by atoms with Gasteiger partial charge >= 0.3 is 0 Å². The Labute approximate surface area is 120 Å². The molecule has 6 nitrogen and oxygen atoms in total. The molecule has 1 N–H and O–H groups in total. The highest BCUT2D eigenvalue weighted by atomic mass is 16.5. The first-order chi connectivity index (χ1) is 10.3. The molecule has 0 saturated carbocycles. The van der Waals surface area contributed by atoms with Gasteiger partial charge in [-0.25, -0.2) is 0 Å². The first-order valence-electron chi connectivity index (χ1n) is 6.54. The quantitative estimate of drug-likeness (QED) is 0.795. The number of furan rings is 1. The van der Waals surface area contributed by atoms with Crippen LogP contribution in [0.2, 0.25) is 0 Å². The molecule has 2 heterocycles. The summed E-state index contributed by atoms with van der Waals surface area (Å²) in [5, 5.41) is 6.64. The molecule has 0 saturated heterocycles. The summed E-state index contributed by atoms with van der Waals surface area (Å²) < 4.78 is 10.3. The molecule has 2 aromatic heterocycles. The summed E-state index contributed by atoms with van der Waals surface area (Å²) >= 11 is 0. The van der Waals surface area contributed by atoms with E-state index in [0.29, 0.717) is 29.4 Å². The van der Waals surface area contributed by atoms with Crippen LogP contribution in [0.5, 0.6) is 0 Å². The topological polar surface area (TPSA) is 81.2 Å². The second kappa shape index (κ2) is 5.62. The Kier molecular flexibility index (Phi) is 3.51. The fourth-order valence-electron chi connectivity index (χ4n) is 1.88. The number of hydrogen-bond acceptors (Lipinski definition) is 5. The van der Waals surface area contributed by atoms with E-state index in [0.717, 1.165) is 0 Å². The van der Waals surface area contributed by atoms with Crippen LogP contribution in [0.3, 0.4) is 0 Å². The number of carbonyl (C=O) groups is 1. The minimum atomic E-state index is -0.331. The normalized spacial score (nSPS) is 10.5. The number of anilines is 1. The zero-order valence-electron chi connectivity index (χ0n) is 11.4. The SMILES string of the molecule is CCc1noc(-c2ccccc2NC(=O)c2ccco2)n1. The number of para-hydroxylation sites is 1. The Bertz CT molecular complexity index is 747. The van der Waals surface area contributed by atoms with Crippen LogP contribution < -0.4 is 5.32 Å². The zero-order valence-corrected chi connectivity index (χ0v) is 11.4. The summed E-state index contributed by atoms with van der Waals surface area (Å²) in [6.45, 7) is 1.94. The summed E-state index contributed by atoms with van der Waals surface area (Å²) in [6, 6.07) is 10.5. The van der Waals surface area contributed by atoms with Crippen LogP contribution in [0.25, 0.3) is 11.5 Å². The molecule has 0 aliphatic carbocycles. The second-order valence-corrected chi connectivity index (χ2v) is 4.35. The monoisotopic (exact) mass is 283 g/mol. The number of carbonyl (C=O) groups excluding carboxylic acids is 1. The third kappa shape index (κ3) is 2.69. The zero-order chi connectivity index (χ0) is 14.7. The average Bonchev–Trinajstić information content (AvgIpc) is 3.19. The van der Waals surface area contributed by atoms with E-state index in [1.807, 2.05) is 25.1 Å². The third-order valence-corrected chi connectivity index (χ3v) is 2.93. The van der Waals surface area contributed by atoms with Gasteiger partial charge in [-0.2, -0.15) is 4.98 Å². The van der Waals surface area contributed by atoms with Gasteiger partial charge in [0.25, 0.3) is 11.8 Å². The van der Waals surface area contributed by atoms with E-state index in [1.165, 1.54) is 6.26 Å². The molecule has 0 unspecified atom stereocenters. The first kappa shape index (κ1) is 13.1. The fraction of sp³-hybridized carbons (Fsp3) is 0.133. The molecule has 0 atom stereocenters. The van der Waals surface area contributed by atoms with E-state index in [-0.39, 0.29) is 11.7 Å². The van der Waals surface area contributed by atoms with E-state index >= 15 is 0 Å². The summed E-state index contributed by atoms with van der Waals surface area (Å²) in [5.41, 5.74) is 1.26. The van der Waals surface area contributed by atoms with Crippen molar-refractivity contribution in [3.05, 3.63) is 54.2 Å². The number of benzene rings is 1. The van der Waals surface area contributed by atoms with Crippen molar-refractivity contribution in [1.29, 1.82) is 0 Å². The van der Waals surface area contributed by atoms with E-state index in [1.54, 1.807) is 18.2 Å². The molecule has 0 fully saturated rings. The van der Waals surface area contributed by atoms with Gasteiger partial charge in [0.1, 0.15) is 0 Å². The molecule has 0 aliphatic heterocycles. The highest BCUT2D eigenvalue weighted by Crippen LogP contribution is 2.26. The maximum atomic E-state index is 12.0. The van der Waals surface area contributed by atoms with Crippen LogP contribution in [0.1, 0.15) is 23.3 Å². The lowest BCUT2D eigenvalue weighted by molar-refractivity contribution is 0.0996. The molecule has 106 valence electrons. The third-order valence-electron chi connectivity index (χ3n) is 2.93. The number of amides is 1. The van der Waals surface area contributed by atoms with Gasteiger partial charge in [-0.05, 0) is 24.3 Å². The van der Waals surface area contributed by atoms with Crippen LogP contribution in [-0.4, -0.2) is 16.0 Å². The van der Waals surface area contributed by atoms with Gasteiger partial charge in [0, 0.05) is 6.42 Å². The Balaban J connectivity index is 1.91. The van der Waals surface area contributed by atoms with Crippen LogP contribution in [0, 0.1) is 0 Å². The first-order valence-corrected chi connectivity index (χ1v) is 6.54. The predicted octanol–water partition coefficient (Wildman–Crippen LogP) is 3.14. The van der Waals surface area contributed by atoms with Crippen LogP contribution >= 0.6 is 0 Å². The molecule has 6 heteroatoms. The highest BCUT2D eigenvalue weighted by molar-refractivity contribution is 6.04. The largest absolute Gasteiger partial charge is 0.459 e. The van der Waals surface area contributed by atoms with E-state index in [4.69, 9.17) is 8.94 Å². The molecule has 3 aromatic rings. The van der Waals surface area contributed by atoms with Crippen molar-refractivity contribution in [2.24, 2.45) is 0 Å². The molecule has 3 rings (SSSR count). The number of hydrogen-bond donors (Lipinski definition) is 1. The van der Waals surface area contributed by atoms with Gasteiger partial charge < -0.3 is 14.3 Å². The van der Waals surface area contributed by atoms with E-state index < -0.39 is 0 Å². The van der Waals surface area contributed by atoms with Gasteiger partial charge in [-0.3, -0.25) is 4.79 Å². The standard InChI is InChI=1S/C15H13N3O3/c1-2-13-17-15(21-18-13)10-6-3-4-7-11(10)16-14(19)12-8-5-9-20-12/h3-9H,2H2,1H3,(H,16,19). The molecule has 21 heavy (non-hydrogen) atoms. The molecule has 1 aromatic carbocycles. The van der Waals surface area contributed by atoms with Crippen LogP contribution in [0.15, 0.2) is 51.6 Å². The van der Waals surface area contributed by atoms with Crippen molar-refractivity contribution in [1.82, 2.24) is 10.1 Å². The van der Waals surface area contributed by atoms with Crippen LogP contribution in [0.4, 0.5) is 5.69 Å². The maximum Gasteiger partial charge on any atom is 0.291 e. The average molecular weight is 283 g/mol. The van der Waals surface area contributed by atoms with E-state index in [9.17, 15) is 4.79 Å².